The summed E-state index contributed by atoms with van der Waals surface area (Å²) in [6.07, 6.45) is 7.56. The number of aryl methyl sites for hydroxylation is 1. The van der Waals surface area contributed by atoms with Gasteiger partial charge in [0.1, 0.15) is 0 Å². The predicted octanol–water partition coefficient (Wildman–Crippen LogP) is 4.44. The number of carbonyl (C=O) groups excluding carboxylic acids is 1. The number of esters is 1. The lowest BCUT2D eigenvalue weighted by atomic mass is 9.99. The number of fused-ring (bicyclic) bond motifs is 1. The van der Waals surface area contributed by atoms with Gasteiger partial charge in [0.15, 0.2) is 0 Å². The first-order valence-corrected chi connectivity index (χ1v) is 9.86. The Morgan fingerprint density at radius 2 is 2.11 bits per heavy atom. The lowest BCUT2D eigenvalue weighted by molar-refractivity contribution is -0.137. The molecule has 0 atom stereocenters. The van der Waals surface area contributed by atoms with Crippen LogP contribution in [-0.2, 0) is 27.3 Å². The number of hydrogen-bond acceptors (Lipinski definition) is 5. The summed E-state index contributed by atoms with van der Waals surface area (Å²) in [5.74, 6) is -0.395. The van der Waals surface area contributed by atoms with Crippen LogP contribution >= 0.6 is 15.9 Å². The van der Waals surface area contributed by atoms with Crippen LogP contribution in [0.1, 0.15) is 30.8 Å². The first kappa shape index (κ1) is 20.2. The summed E-state index contributed by atoms with van der Waals surface area (Å²) < 4.78 is 13.2. The first-order chi connectivity index (χ1) is 13.6. The van der Waals surface area contributed by atoms with Crippen molar-refractivity contribution in [2.75, 3.05) is 13.7 Å². The van der Waals surface area contributed by atoms with E-state index in [9.17, 15) is 4.79 Å². The highest BCUT2D eigenvalue weighted by atomic mass is 79.9. The monoisotopic (exact) mass is 443 g/mol. The second-order valence-corrected chi connectivity index (χ2v) is 7.04. The molecule has 0 saturated carbocycles. The Morgan fingerprint density at radius 1 is 1.29 bits per heavy atom. The fourth-order valence-corrected chi connectivity index (χ4v) is 3.48. The number of aromatic nitrogens is 3. The largest absolute Gasteiger partial charge is 0.463 e. The van der Waals surface area contributed by atoms with Gasteiger partial charge in [-0.05, 0) is 53.5 Å². The standard InChI is InChI=1S/C21H22BrN3O3/c1-4-16-6-8-19-21(14-10-15(22)12-23-11-14)17(7-9-20(26)28-5-2)18(13-27-3)24-25(16)19/h6-12H,4-5,13H2,1-3H3. The second kappa shape index (κ2) is 9.12. The van der Waals surface area contributed by atoms with Crippen molar-refractivity contribution >= 4 is 33.5 Å². The van der Waals surface area contributed by atoms with Crippen LogP contribution in [0.4, 0.5) is 0 Å². The van der Waals surface area contributed by atoms with Gasteiger partial charge in [-0.25, -0.2) is 9.31 Å². The summed E-state index contributed by atoms with van der Waals surface area (Å²) in [7, 11) is 1.63. The molecule has 3 heterocycles. The Morgan fingerprint density at radius 3 is 2.79 bits per heavy atom. The summed E-state index contributed by atoms with van der Waals surface area (Å²) in [5, 5.41) is 4.78. The van der Waals surface area contributed by atoms with Crippen LogP contribution in [0, 0.1) is 0 Å². The van der Waals surface area contributed by atoms with Crippen LogP contribution in [-0.4, -0.2) is 34.3 Å². The van der Waals surface area contributed by atoms with Crippen molar-refractivity contribution < 1.29 is 14.3 Å². The number of halogens is 1. The Bertz CT molecular complexity index is 1030. The van der Waals surface area contributed by atoms with Crippen LogP contribution in [0.2, 0.25) is 0 Å². The summed E-state index contributed by atoms with van der Waals surface area (Å²) in [5.41, 5.74) is 5.44. The van der Waals surface area contributed by atoms with Gasteiger partial charge in [0.05, 0.1) is 24.4 Å². The minimum absolute atomic E-state index is 0.314. The number of ether oxygens (including phenoxy) is 2. The van der Waals surface area contributed by atoms with Crippen molar-refractivity contribution in [1.29, 1.82) is 0 Å². The van der Waals surface area contributed by atoms with Crippen LogP contribution in [0.15, 0.2) is 41.1 Å². The minimum Gasteiger partial charge on any atom is -0.463 e. The summed E-state index contributed by atoms with van der Waals surface area (Å²) in [6.45, 7) is 4.51. The smallest absolute Gasteiger partial charge is 0.330 e. The van der Waals surface area contributed by atoms with Gasteiger partial charge in [0.2, 0.25) is 0 Å². The third-order valence-electron chi connectivity index (χ3n) is 4.30. The lowest BCUT2D eigenvalue weighted by Gasteiger charge is -2.15. The fourth-order valence-electron chi connectivity index (χ4n) is 3.12. The maximum atomic E-state index is 11.9. The van der Waals surface area contributed by atoms with Gasteiger partial charge < -0.3 is 9.47 Å². The Balaban J connectivity index is 2.32. The Hall–Kier alpha value is -2.51. The van der Waals surface area contributed by atoms with Crippen LogP contribution in [0.3, 0.4) is 0 Å². The van der Waals surface area contributed by atoms with Crippen LogP contribution in [0.25, 0.3) is 22.7 Å². The topological polar surface area (TPSA) is 65.7 Å². The van der Waals surface area contributed by atoms with Crippen molar-refractivity contribution in [3.8, 4) is 11.1 Å². The van der Waals surface area contributed by atoms with E-state index in [1.807, 2.05) is 16.6 Å². The van der Waals surface area contributed by atoms with Crippen LogP contribution < -0.4 is 0 Å². The molecule has 0 radical (unpaired) electrons. The molecule has 6 nitrogen and oxygen atoms in total. The maximum Gasteiger partial charge on any atom is 0.330 e. The molecular formula is C21H22BrN3O3. The molecule has 0 spiro atoms. The van der Waals surface area contributed by atoms with Gasteiger partial charge in [-0.2, -0.15) is 5.10 Å². The number of carbonyl (C=O) groups is 1. The molecular weight excluding hydrogens is 422 g/mol. The van der Waals surface area contributed by atoms with Crippen molar-refractivity contribution in [2.45, 2.75) is 26.9 Å². The zero-order valence-electron chi connectivity index (χ0n) is 16.1. The van der Waals surface area contributed by atoms with E-state index < -0.39 is 5.97 Å². The third kappa shape index (κ3) is 4.15. The number of methoxy groups -OCH3 is 1. The number of hydrogen-bond donors (Lipinski definition) is 0. The van der Waals surface area contributed by atoms with E-state index in [1.165, 1.54) is 6.08 Å². The summed E-state index contributed by atoms with van der Waals surface area (Å²) >= 11 is 3.50. The lowest BCUT2D eigenvalue weighted by Crippen LogP contribution is -2.08. The van der Waals surface area contributed by atoms with E-state index in [0.717, 1.165) is 44.5 Å². The number of nitrogens with zero attached hydrogens (tertiary/aromatic N) is 3. The SMILES string of the molecule is CCOC(=O)C=Cc1c(COC)nn2c(CC)ccc2c1-c1cncc(Br)c1. The molecule has 0 aliphatic carbocycles. The molecule has 146 valence electrons. The number of rotatable bonds is 7. The van der Waals surface area contributed by atoms with Crippen molar-refractivity contribution in [1.82, 2.24) is 14.6 Å². The summed E-state index contributed by atoms with van der Waals surface area (Å²) in [4.78, 5) is 16.2. The molecule has 7 heteroatoms. The molecule has 0 N–H and O–H groups in total. The number of pyridine rings is 1. The predicted molar refractivity (Wildman–Crippen MR) is 112 cm³/mol. The third-order valence-corrected chi connectivity index (χ3v) is 4.73. The van der Waals surface area contributed by atoms with Gasteiger partial charge in [-0.1, -0.05) is 6.92 Å². The van der Waals surface area contributed by atoms with Gasteiger partial charge in [0.25, 0.3) is 0 Å². The molecule has 0 fully saturated rings. The van der Waals surface area contributed by atoms with Gasteiger partial charge in [0, 0.05) is 52.4 Å². The van der Waals surface area contributed by atoms with E-state index >= 15 is 0 Å². The molecule has 0 bridgehead atoms. The molecule has 3 aromatic rings. The first-order valence-electron chi connectivity index (χ1n) is 9.07. The van der Waals surface area contributed by atoms with Gasteiger partial charge in [-0.3, -0.25) is 4.98 Å². The van der Waals surface area contributed by atoms with Crippen molar-refractivity contribution in [3.63, 3.8) is 0 Å². The van der Waals surface area contributed by atoms with E-state index in [-0.39, 0.29) is 0 Å². The molecule has 0 saturated heterocycles. The maximum absolute atomic E-state index is 11.9. The summed E-state index contributed by atoms with van der Waals surface area (Å²) in [6, 6.07) is 6.10. The molecule has 0 aliphatic heterocycles. The minimum atomic E-state index is -0.395. The highest BCUT2D eigenvalue weighted by molar-refractivity contribution is 9.10. The fraction of sp³-hybridized carbons (Fsp3) is 0.286. The van der Waals surface area contributed by atoms with E-state index in [1.54, 1.807) is 32.5 Å². The Kier molecular flexibility index (Phi) is 6.59. The zero-order chi connectivity index (χ0) is 20.1. The van der Waals surface area contributed by atoms with E-state index in [0.29, 0.717) is 13.2 Å². The molecule has 0 aliphatic rings. The highest BCUT2D eigenvalue weighted by Crippen LogP contribution is 2.33. The molecule has 0 aromatic carbocycles. The van der Waals surface area contributed by atoms with E-state index in [4.69, 9.17) is 14.6 Å². The van der Waals surface area contributed by atoms with Gasteiger partial charge in [-0.15, -0.1) is 0 Å². The second-order valence-electron chi connectivity index (χ2n) is 6.12. The average Bonchev–Trinajstić information content (AvgIpc) is 3.08. The highest BCUT2D eigenvalue weighted by Gasteiger charge is 2.18. The van der Waals surface area contributed by atoms with Gasteiger partial charge >= 0.3 is 5.97 Å². The zero-order valence-corrected chi connectivity index (χ0v) is 17.7. The van der Waals surface area contributed by atoms with Crippen molar-refractivity contribution in [3.05, 3.63) is 58.1 Å². The average molecular weight is 444 g/mol. The molecule has 28 heavy (non-hydrogen) atoms. The molecule has 0 unspecified atom stereocenters. The molecule has 0 amide bonds. The Labute approximate surface area is 172 Å². The van der Waals surface area contributed by atoms with Crippen LogP contribution in [0.5, 0.6) is 0 Å². The van der Waals surface area contributed by atoms with Crippen molar-refractivity contribution in [2.24, 2.45) is 0 Å². The van der Waals surface area contributed by atoms with E-state index in [2.05, 4.69) is 33.9 Å². The molecule has 3 rings (SSSR count). The quantitative estimate of drug-likeness (QED) is 0.398. The normalized spacial score (nSPS) is 11.4. The molecule has 3 aromatic heterocycles.